The zero-order valence-electron chi connectivity index (χ0n) is 11.1. The van der Waals surface area contributed by atoms with Gasteiger partial charge in [0.25, 0.3) is 0 Å². The second-order valence-corrected chi connectivity index (χ2v) is 4.12. The number of carbonyl (C=O) groups is 1. The highest BCUT2D eigenvalue weighted by atomic mass is 16.5. The Kier molecular flexibility index (Phi) is 7.35. The van der Waals surface area contributed by atoms with Crippen LogP contribution in [0.4, 0.5) is 0 Å². The first kappa shape index (κ1) is 15.2. The lowest BCUT2D eigenvalue weighted by molar-refractivity contribution is -0.131. The summed E-state index contributed by atoms with van der Waals surface area (Å²) >= 11 is 0. The van der Waals surface area contributed by atoms with Crippen LogP contribution in [-0.4, -0.2) is 42.2 Å². The highest BCUT2D eigenvalue weighted by Crippen LogP contribution is 2.09. The van der Waals surface area contributed by atoms with Crippen molar-refractivity contribution in [2.45, 2.75) is 12.8 Å². The summed E-state index contributed by atoms with van der Waals surface area (Å²) in [6, 6.07) is 9.52. The Labute approximate surface area is 114 Å². The molecule has 0 radical (unpaired) electrons. The van der Waals surface area contributed by atoms with Gasteiger partial charge in [-0.2, -0.15) is 0 Å². The van der Waals surface area contributed by atoms with Crippen LogP contribution >= 0.6 is 0 Å². The predicted molar refractivity (Wildman–Crippen MR) is 75.0 cm³/mol. The first-order valence-electron chi connectivity index (χ1n) is 6.45. The summed E-state index contributed by atoms with van der Waals surface area (Å²) < 4.78 is 5.52. The van der Waals surface area contributed by atoms with Gasteiger partial charge in [-0.25, -0.2) is 0 Å². The molecule has 0 unspecified atom stereocenters. The largest absolute Gasteiger partial charge is 0.494 e. The molecule has 0 saturated carbocycles. The molecule has 1 rings (SSSR count). The summed E-state index contributed by atoms with van der Waals surface area (Å²) in [5, 5.41) is 8.88. The van der Waals surface area contributed by atoms with Gasteiger partial charge in [0.2, 0.25) is 5.91 Å². The number of benzene rings is 1. The third-order valence-electron chi connectivity index (χ3n) is 2.62. The normalized spacial score (nSPS) is 9.95. The van der Waals surface area contributed by atoms with Crippen molar-refractivity contribution in [3.05, 3.63) is 43.0 Å². The first-order chi connectivity index (χ1) is 9.27. The molecule has 19 heavy (non-hydrogen) atoms. The van der Waals surface area contributed by atoms with Gasteiger partial charge in [-0.05, 0) is 18.6 Å². The lowest BCUT2D eigenvalue weighted by Gasteiger charge is -2.19. The maximum Gasteiger partial charge on any atom is 0.223 e. The molecular formula is C15H21NO3. The van der Waals surface area contributed by atoms with Crippen molar-refractivity contribution in [2.75, 3.05) is 26.3 Å². The van der Waals surface area contributed by atoms with E-state index in [1.807, 2.05) is 30.3 Å². The van der Waals surface area contributed by atoms with E-state index in [0.717, 1.165) is 5.75 Å². The summed E-state index contributed by atoms with van der Waals surface area (Å²) in [6.45, 7) is 4.91. The zero-order chi connectivity index (χ0) is 13.9. The third-order valence-corrected chi connectivity index (χ3v) is 2.62. The van der Waals surface area contributed by atoms with E-state index in [0.29, 0.717) is 32.5 Å². The van der Waals surface area contributed by atoms with E-state index < -0.39 is 0 Å². The lowest BCUT2D eigenvalue weighted by atomic mass is 10.2. The number of aliphatic hydroxyl groups excluding tert-OH is 1. The van der Waals surface area contributed by atoms with Crippen LogP contribution in [0.3, 0.4) is 0 Å². The average molecular weight is 263 g/mol. The summed E-state index contributed by atoms with van der Waals surface area (Å²) in [7, 11) is 0. The Morgan fingerprint density at radius 2 is 2.11 bits per heavy atom. The number of rotatable bonds is 9. The molecule has 0 aliphatic carbocycles. The quantitative estimate of drug-likeness (QED) is 0.546. The summed E-state index contributed by atoms with van der Waals surface area (Å²) in [4.78, 5) is 13.4. The zero-order valence-corrected chi connectivity index (χ0v) is 11.1. The highest BCUT2D eigenvalue weighted by Gasteiger charge is 2.10. The van der Waals surface area contributed by atoms with Crippen LogP contribution in [0.1, 0.15) is 12.8 Å². The Bertz CT molecular complexity index is 378. The second kappa shape index (κ2) is 9.16. The van der Waals surface area contributed by atoms with Crippen molar-refractivity contribution in [1.29, 1.82) is 0 Å². The second-order valence-electron chi connectivity index (χ2n) is 4.12. The molecule has 1 aromatic carbocycles. The minimum Gasteiger partial charge on any atom is -0.494 e. The Hall–Kier alpha value is -1.81. The standard InChI is InChI=1S/C15H21NO3/c1-2-10-16(11-12-17)15(18)9-6-13-19-14-7-4-3-5-8-14/h2-5,7-8,17H,1,6,9-13H2. The topological polar surface area (TPSA) is 49.8 Å². The number of aliphatic hydroxyl groups is 1. The van der Waals surface area contributed by atoms with E-state index in [2.05, 4.69) is 6.58 Å². The molecule has 0 aromatic heterocycles. The molecular weight excluding hydrogens is 242 g/mol. The number of para-hydroxylation sites is 1. The number of ether oxygens (including phenoxy) is 1. The third kappa shape index (κ3) is 6.06. The molecule has 104 valence electrons. The lowest BCUT2D eigenvalue weighted by Crippen LogP contribution is -2.33. The fourth-order valence-electron chi connectivity index (χ4n) is 1.68. The van der Waals surface area contributed by atoms with Crippen molar-refractivity contribution in [3.63, 3.8) is 0 Å². The highest BCUT2D eigenvalue weighted by molar-refractivity contribution is 5.76. The van der Waals surface area contributed by atoms with Crippen LogP contribution in [0, 0.1) is 0 Å². The summed E-state index contributed by atoms with van der Waals surface area (Å²) in [5.41, 5.74) is 0. The Morgan fingerprint density at radius 3 is 2.74 bits per heavy atom. The van der Waals surface area contributed by atoms with Crippen molar-refractivity contribution in [3.8, 4) is 5.75 Å². The van der Waals surface area contributed by atoms with Gasteiger partial charge in [0.15, 0.2) is 0 Å². The van der Waals surface area contributed by atoms with E-state index in [1.54, 1.807) is 11.0 Å². The molecule has 4 nitrogen and oxygen atoms in total. The van der Waals surface area contributed by atoms with E-state index in [1.165, 1.54) is 0 Å². The van der Waals surface area contributed by atoms with Gasteiger partial charge in [0, 0.05) is 19.5 Å². The minimum atomic E-state index is -0.0277. The van der Waals surface area contributed by atoms with Crippen molar-refractivity contribution < 1.29 is 14.6 Å². The molecule has 0 heterocycles. The van der Waals surface area contributed by atoms with Gasteiger partial charge >= 0.3 is 0 Å². The fraction of sp³-hybridized carbons (Fsp3) is 0.400. The van der Waals surface area contributed by atoms with Crippen molar-refractivity contribution in [1.82, 2.24) is 4.90 Å². The van der Waals surface area contributed by atoms with Crippen LogP contribution < -0.4 is 4.74 Å². The molecule has 0 saturated heterocycles. The van der Waals surface area contributed by atoms with Crippen LogP contribution in [0.25, 0.3) is 0 Å². The van der Waals surface area contributed by atoms with Crippen molar-refractivity contribution >= 4 is 5.91 Å². The molecule has 1 aromatic rings. The SMILES string of the molecule is C=CCN(CCO)C(=O)CCCOc1ccccc1. The van der Waals surface area contributed by atoms with Gasteiger partial charge in [-0.15, -0.1) is 6.58 Å². The number of nitrogens with zero attached hydrogens (tertiary/aromatic N) is 1. The van der Waals surface area contributed by atoms with Crippen LogP contribution in [0.15, 0.2) is 43.0 Å². The van der Waals surface area contributed by atoms with E-state index in [4.69, 9.17) is 9.84 Å². The summed E-state index contributed by atoms with van der Waals surface area (Å²) in [6.07, 6.45) is 2.74. The van der Waals surface area contributed by atoms with Crippen molar-refractivity contribution in [2.24, 2.45) is 0 Å². The van der Waals surface area contributed by atoms with Gasteiger partial charge < -0.3 is 14.7 Å². The minimum absolute atomic E-state index is 0.0191. The smallest absolute Gasteiger partial charge is 0.223 e. The Balaban J connectivity index is 2.23. The van der Waals surface area contributed by atoms with Gasteiger partial charge in [-0.3, -0.25) is 4.79 Å². The van der Waals surface area contributed by atoms with Crippen LogP contribution in [0.2, 0.25) is 0 Å². The fourth-order valence-corrected chi connectivity index (χ4v) is 1.68. The maximum absolute atomic E-state index is 11.8. The average Bonchev–Trinajstić information content (AvgIpc) is 2.44. The first-order valence-corrected chi connectivity index (χ1v) is 6.45. The molecule has 0 fully saturated rings. The number of amides is 1. The summed E-state index contributed by atoms with van der Waals surface area (Å²) in [5.74, 6) is 0.832. The number of hydrogen-bond donors (Lipinski definition) is 1. The van der Waals surface area contributed by atoms with Crippen LogP contribution in [-0.2, 0) is 4.79 Å². The molecule has 1 N–H and O–H groups in total. The van der Waals surface area contributed by atoms with E-state index in [9.17, 15) is 4.79 Å². The molecule has 4 heteroatoms. The maximum atomic E-state index is 11.8. The molecule has 0 bridgehead atoms. The van der Waals surface area contributed by atoms with Gasteiger partial charge in [-0.1, -0.05) is 24.3 Å². The molecule has 0 aliphatic heterocycles. The molecule has 0 spiro atoms. The number of hydrogen-bond acceptors (Lipinski definition) is 3. The predicted octanol–water partition coefficient (Wildman–Crippen LogP) is 1.85. The number of carbonyl (C=O) groups excluding carboxylic acids is 1. The van der Waals surface area contributed by atoms with Gasteiger partial charge in [0.1, 0.15) is 5.75 Å². The van der Waals surface area contributed by atoms with Gasteiger partial charge in [0.05, 0.1) is 13.2 Å². The Morgan fingerprint density at radius 1 is 1.37 bits per heavy atom. The molecule has 0 aliphatic rings. The van der Waals surface area contributed by atoms with E-state index >= 15 is 0 Å². The van der Waals surface area contributed by atoms with Crippen LogP contribution in [0.5, 0.6) is 5.75 Å². The monoisotopic (exact) mass is 263 g/mol. The van der Waals surface area contributed by atoms with E-state index in [-0.39, 0.29) is 12.5 Å². The molecule has 0 atom stereocenters. The molecule has 1 amide bonds.